The molecule has 0 saturated heterocycles. The van der Waals surface area contributed by atoms with Crippen molar-refractivity contribution in [2.45, 2.75) is 6.61 Å². The van der Waals surface area contributed by atoms with Crippen LogP contribution < -0.4 is 14.2 Å². The summed E-state index contributed by atoms with van der Waals surface area (Å²) >= 11 is 0. The summed E-state index contributed by atoms with van der Waals surface area (Å²) in [7, 11) is 1.48. The van der Waals surface area contributed by atoms with Crippen LogP contribution in [0.4, 0.5) is 0 Å². The van der Waals surface area contributed by atoms with Gasteiger partial charge in [0.2, 0.25) is 6.79 Å². The number of carbonyl (C=O) groups is 1. The van der Waals surface area contributed by atoms with Gasteiger partial charge in [-0.05, 0) is 46.7 Å². The molecule has 0 spiro atoms. The second kappa shape index (κ2) is 5.29. The van der Waals surface area contributed by atoms with Crippen molar-refractivity contribution in [1.29, 1.82) is 0 Å². The van der Waals surface area contributed by atoms with Crippen molar-refractivity contribution in [1.82, 2.24) is 0 Å². The zero-order valence-electron chi connectivity index (χ0n) is 13.9. The molecule has 0 bridgehead atoms. The van der Waals surface area contributed by atoms with Crippen molar-refractivity contribution in [3.63, 3.8) is 0 Å². The molecule has 1 N–H and O–H groups in total. The summed E-state index contributed by atoms with van der Waals surface area (Å²) < 4.78 is 21.5. The Balaban J connectivity index is 1.88. The van der Waals surface area contributed by atoms with E-state index in [1.165, 1.54) is 7.11 Å². The smallest absolute Gasteiger partial charge is 0.339 e. The number of phenolic OH excluding ortho intramolecular Hbond substituents is 1. The average Bonchev–Trinajstić information content (AvgIpc) is 3.25. The van der Waals surface area contributed by atoms with E-state index >= 15 is 0 Å². The number of ether oxygens (including phenoxy) is 4. The summed E-state index contributed by atoms with van der Waals surface area (Å²) in [4.78, 5) is 12.4. The molecule has 0 fully saturated rings. The van der Waals surface area contributed by atoms with Crippen LogP contribution in [0.2, 0.25) is 0 Å². The maximum Gasteiger partial charge on any atom is 0.339 e. The summed E-state index contributed by atoms with van der Waals surface area (Å²) in [6.07, 6.45) is 0. The Morgan fingerprint density at radius 2 is 1.81 bits per heavy atom. The van der Waals surface area contributed by atoms with Crippen molar-refractivity contribution < 1.29 is 28.8 Å². The molecule has 6 nitrogen and oxygen atoms in total. The van der Waals surface area contributed by atoms with E-state index in [9.17, 15) is 9.90 Å². The molecule has 2 aliphatic rings. The zero-order valence-corrected chi connectivity index (χ0v) is 13.9. The monoisotopic (exact) mass is 350 g/mol. The van der Waals surface area contributed by atoms with E-state index in [0.29, 0.717) is 22.8 Å². The quantitative estimate of drug-likeness (QED) is 0.712. The number of esters is 1. The van der Waals surface area contributed by atoms with Gasteiger partial charge in [-0.2, -0.15) is 0 Å². The van der Waals surface area contributed by atoms with Gasteiger partial charge in [-0.3, -0.25) is 0 Å². The van der Waals surface area contributed by atoms with E-state index in [0.717, 1.165) is 27.5 Å². The van der Waals surface area contributed by atoms with Gasteiger partial charge in [0.15, 0.2) is 23.0 Å². The van der Waals surface area contributed by atoms with Crippen LogP contribution in [0, 0.1) is 0 Å². The fourth-order valence-corrected chi connectivity index (χ4v) is 3.54. The number of hydrogen-bond donors (Lipinski definition) is 1. The number of carbonyl (C=O) groups excluding carboxylic acids is 1. The van der Waals surface area contributed by atoms with Crippen molar-refractivity contribution in [3.05, 3.63) is 47.5 Å². The lowest BCUT2D eigenvalue weighted by atomic mass is 9.90. The molecule has 2 aliphatic heterocycles. The third kappa shape index (κ3) is 2.02. The summed E-state index contributed by atoms with van der Waals surface area (Å²) in [5.41, 5.74) is 2.84. The summed E-state index contributed by atoms with van der Waals surface area (Å²) in [5, 5.41) is 11.7. The summed E-state index contributed by atoms with van der Waals surface area (Å²) in [6.45, 7) is 0.413. The minimum atomic E-state index is -0.360. The lowest BCUT2D eigenvalue weighted by molar-refractivity contribution is 0.0535. The Morgan fingerprint density at radius 3 is 2.62 bits per heavy atom. The molecule has 6 heteroatoms. The Bertz CT molecular complexity index is 1090. The fraction of sp³-hybridized carbons (Fsp3) is 0.150. The zero-order chi connectivity index (χ0) is 17.8. The molecular weight excluding hydrogens is 336 g/mol. The second-order valence-electron chi connectivity index (χ2n) is 6.18. The highest BCUT2D eigenvalue weighted by molar-refractivity contribution is 6.11. The second-order valence-corrected chi connectivity index (χ2v) is 6.18. The molecule has 5 rings (SSSR count). The van der Waals surface area contributed by atoms with Gasteiger partial charge < -0.3 is 24.1 Å². The number of methoxy groups -OCH3 is 1. The highest BCUT2D eigenvalue weighted by Gasteiger charge is 2.29. The maximum atomic E-state index is 12.4. The Hall–Kier alpha value is -3.41. The molecule has 0 saturated carbocycles. The van der Waals surface area contributed by atoms with Crippen LogP contribution in [0.1, 0.15) is 15.9 Å². The van der Waals surface area contributed by atoms with Crippen molar-refractivity contribution in [2.24, 2.45) is 0 Å². The molecule has 0 unspecified atom stereocenters. The first-order chi connectivity index (χ1) is 12.7. The molecule has 2 heterocycles. The minimum Gasteiger partial charge on any atom is -0.504 e. The third-order valence-corrected chi connectivity index (χ3v) is 4.75. The van der Waals surface area contributed by atoms with Gasteiger partial charge in [0.05, 0.1) is 12.7 Å². The van der Waals surface area contributed by atoms with E-state index in [1.54, 1.807) is 18.2 Å². The van der Waals surface area contributed by atoms with E-state index in [1.807, 2.05) is 18.2 Å². The van der Waals surface area contributed by atoms with E-state index in [2.05, 4.69) is 0 Å². The minimum absolute atomic E-state index is 0.0355. The van der Waals surface area contributed by atoms with Crippen molar-refractivity contribution in [3.8, 4) is 34.1 Å². The van der Waals surface area contributed by atoms with Crippen molar-refractivity contribution >= 4 is 16.7 Å². The number of benzene rings is 3. The van der Waals surface area contributed by atoms with Crippen LogP contribution in [0.3, 0.4) is 0 Å². The van der Waals surface area contributed by atoms with E-state index in [-0.39, 0.29) is 25.1 Å². The Kier molecular flexibility index (Phi) is 3.03. The number of fused-ring (bicyclic) bond motifs is 3. The molecule has 3 aromatic rings. The van der Waals surface area contributed by atoms with Crippen LogP contribution in [0.15, 0.2) is 36.4 Å². The molecule has 26 heavy (non-hydrogen) atoms. The largest absolute Gasteiger partial charge is 0.504 e. The normalized spacial score (nSPS) is 14.4. The lowest BCUT2D eigenvalue weighted by Gasteiger charge is -2.13. The first-order valence-electron chi connectivity index (χ1n) is 8.09. The van der Waals surface area contributed by atoms with Crippen LogP contribution in [-0.4, -0.2) is 25.0 Å². The van der Waals surface area contributed by atoms with Gasteiger partial charge >= 0.3 is 5.97 Å². The first-order valence-corrected chi connectivity index (χ1v) is 8.09. The molecule has 3 aromatic carbocycles. The van der Waals surface area contributed by atoms with Gasteiger partial charge in [0.25, 0.3) is 0 Å². The van der Waals surface area contributed by atoms with Gasteiger partial charge in [-0.25, -0.2) is 4.79 Å². The molecule has 0 radical (unpaired) electrons. The summed E-state index contributed by atoms with van der Waals surface area (Å²) in [6, 6.07) is 10.7. The predicted molar refractivity (Wildman–Crippen MR) is 92.8 cm³/mol. The highest BCUT2D eigenvalue weighted by atomic mass is 16.7. The Labute approximate surface area is 148 Å². The van der Waals surface area contributed by atoms with Crippen LogP contribution in [0.5, 0.6) is 23.0 Å². The summed E-state index contributed by atoms with van der Waals surface area (Å²) in [5.74, 6) is 1.32. The van der Waals surface area contributed by atoms with Gasteiger partial charge in [0, 0.05) is 11.1 Å². The standard InChI is InChI=1S/C20H14O6/c1-23-15-5-10(2-3-14(15)21)18-13-7-17-16(25-9-26-17)6-11(13)4-12-8-24-20(22)19(12)18/h2-7,21H,8-9H2,1H3. The maximum absolute atomic E-state index is 12.4. The number of phenols is 1. The van der Waals surface area contributed by atoms with E-state index < -0.39 is 0 Å². The highest BCUT2D eigenvalue weighted by Crippen LogP contribution is 2.44. The fourth-order valence-electron chi connectivity index (χ4n) is 3.54. The molecule has 130 valence electrons. The van der Waals surface area contributed by atoms with E-state index in [4.69, 9.17) is 18.9 Å². The van der Waals surface area contributed by atoms with Crippen LogP contribution in [0.25, 0.3) is 21.9 Å². The average molecular weight is 350 g/mol. The van der Waals surface area contributed by atoms with Crippen molar-refractivity contribution in [2.75, 3.05) is 13.9 Å². The third-order valence-electron chi connectivity index (χ3n) is 4.75. The molecule has 0 aromatic heterocycles. The first kappa shape index (κ1) is 14.9. The van der Waals surface area contributed by atoms with Crippen LogP contribution >= 0.6 is 0 Å². The predicted octanol–water partition coefficient (Wildman–Crippen LogP) is 3.62. The number of rotatable bonds is 2. The SMILES string of the molecule is COc1cc(-c2c3c(cc4cc5c(cc24)OCO5)COC3=O)ccc1O. The van der Waals surface area contributed by atoms with Gasteiger partial charge in [-0.1, -0.05) is 6.07 Å². The van der Waals surface area contributed by atoms with Crippen LogP contribution in [-0.2, 0) is 11.3 Å². The van der Waals surface area contributed by atoms with Gasteiger partial charge in [0.1, 0.15) is 6.61 Å². The number of aromatic hydroxyl groups is 1. The Morgan fingerprint density at radius 1 is 1.00 bits per heavy atom. The topological polar surface area (TPSA) is 74.2 Å². The molecule has 0 aliphatic carbocycles. The lowest BCUT2D eigenvalue weighted by Crippen LogP contribution is -1.99. The number of hydrogen-bond acceptors (Lipinski definition) is 6. The van der Waals surface area contributed by atoms with Gasteiger partial charge in [-0.15, -0.1) is 0 Å². The molecule has 0 amide bonds. The molecular formula is C20H14O6. The molecule has 0 atom stereocenters. The number of cyclic esters (lactones) is 1.